The Morgan fingerprint density at radius 3 is 2.41 bits per heavy atom. The molecule has 2 amide bonds. The lowest BCUT2D eigenvalue weighted by molar-refractivity contribution is -0.144. The summed E-state index contributed by atoms with van der Waals surface area (Å²) < 4.78 is 5.66. The van der Waals surface area contributed by atoms with Crippen molar-refractivity contribution in [2.24, 2.45) is 17.8 Å². The Hall–Kier alpha value is -3.04. The Balaban J connectivity index is 1.27. The predicted molar refractivity (Wildman–Crippen MR) is 169 cm³/mol. The van der Waals surface area contributed by atoms with Gasteiger partial charge in [-0.25, -0.2) is 0 Å². The molecule has 1 aliphatic carbocycles. The number of furan rings is 1. The van der Waals surface area contributed by atoms with Crippen LogP contribution in [0.25, 0.3) is 6.08 Å². The van der Waals surface area contributed by atoms with Gasteiger partial charge in [0.2, 0.25) is 11.8 Å². The van der Waals surface area contributed by atoms with E-state index in [-0.39, 0.29) is 31.1 Å². The second kappa shape index (κ2) is 14.8. The maximum Gasteiger partial charge on any atom is 0.234 e. The van der Waals surface area contributed by atoms with Gasteiger partial charge >= 0.3 is 0 Å². The van der Waals surface area contributed by atoms with Crippen LogP contribution in [0.15, 0.2) is 63.6 Å². The Bertz CT molecular complexity index is 1340. The lowest BCUT2D eigenvalue weighted by Gasteiger charge is -2.37. The number of imide groups is 1. The van der Waals surface area contributed by atoms with Crippen LogP contribution < -0.4 is 0 Å². The van der Waals surface area contributed by atoms with Crippen LogP contribution in [-0.4, -0.2) is 68.8 Å². The molecule has 238 valence electrons. The monoisotopic (exact) mass is 604 g/mol. The highest BCUT2D eigenvalue weighted by Crippen LogP contribution is 2.48. The van der Waals surface area contributed by atoms with Crippen LogP contribution in [0.3, 0.4) is 0 Å². The molecular formula is C36H48N2O6. The molecule has 8 nitrogen and oxygen atoms in total. The fourth-order valence-electron chi connectivity index (χ4n) is 7.69. The van der Waals surface area contributed by atoms with E-state index in [0.717, 1.165) is 62.0 Å². The van der Waals surface area contributed by atoms with Gasteiger partial charge in [-0.2, -0.15) is 0 Å². The molecular weight excluding hydrogens is 556 g/mol. The van der Waals surface area contributed by atoms with Crippen LogP contribution in [-0.2, 0) is 22.7 Å². The number of piperidine rings is 1. The Morgan fingerprint density at radius 1 is 1.02 bits per heavy atom. The standard InChI is InChI=1S/C36H48N2O6/c1-3-8-24(19-28-12-13-29(22-39)44-28)11-14-32(41)33-26(4-2)20-30-34(31(33)23-40)36(43)38(35(30)42)27-15-17-37(18-16-27)21-25-9-6-5-7-10-25/h5-7,9-10,12-13,19,27,30-32,34,39-41H,3-4,8,11,14-18,20-23H2,1-2H3/b24-19+/t30-,31+,32-,34-/m1/s1. The second-order valence-corrected chi connectivity index (χ2v) is 12.6. The van der Waals surface area contributed by atoms with Crippen LogP contribution in [0.5, 0.6) is 0 Å². The van der Waals surface area contributed by atoms with Crippen molar-refractivity contribution < 1.29 is 29.3 Å². The number of aliphatic hydroxyl groups excluding tert-OH is 3. The predicted octanol–water partition coefficient (Wildman–Crippen LogP) is 5.08. The van der Waals surface area contributed by atoms with E-state index < -0.39 is 23.9 Å². The first-order valence-electron chi connectivity index (χ1n) is 16.4. The van der Waals surface area contributed by atoms with Crippen molar-refractivity contribution in [3.05, 3.63) is 76.3 Å². The fourth-order valence-corrected chi connectivity index (χ4v) is 7.69. The first kappa shape index (κ1) is 32.4. The summed E-state index contributed by atoms with van der Waals surface area (Å²) in [5, 5.41) is 31.6. The molecule has 0 radical (unpaired) electrons. The number of rotatable bonds is 13. The number of nitrogens with zero attached hydrogens (tertiary/aromatic N) is 2. The first-order chi connectivity index (χ1) is 21.4. The van der Waals surface area contributed by atoms with Crippen LogP contribution in [0.1, 0.15) is 82.3 Å². The molecule has 0 saturated carbocycles. The van der Waals surface area contributed by atoms with Gasteiger partial charge in [-0.1, -0.05) is 61.7 Å². The molecule has 3 N–H and O–H groups in total. The van der Waals surface area contributed by atoms with Crippen molar-refractivity contribution in [1.82, 2.24) is 9.80 Å². The summed E-state index contributed by atoms with van der Waals surface area (Å²) in [6, 6.07) is 13.8. The zero-order valence-electron chi connectivity index (χ0n) is 26.2. The maximum absolute atomic E-state index is 14.0. The van der Waals surface area contributed by atoms with Gasteiger partial charge in [-0.15, -0.1) is 0 Å². The largest absolute Gasteiger partial charge is 0.459 e. The third kappa shape index (κ3) is 6.94. The van der Waals surface area contributed by atoms with Crippen molar-refractivity contribution in [3.63, 3.8) is 0 Å². The second-order valence-electron chi connectivity index (χ2n) is 12.6. The Kier molecular flexibility index (Phi) is 10.9. The number of carbonyl (C=O) groups excluding carboxylic acids is 2. The number of allylic oxidation sites excluding steroid dienone is 2. The minimum Gasteiger partial charge on any atom is -0.459 e. The fraction of sp³-hybridized carbons (Fsp3) is 0.556. The number of carbonyl (C=O) groups is 2. The molecule has 3 aliphatic rings. The molecule has 0 unspecified atom stereocenters. The summed E-state index contributed by atoms with van der Waals surface area (Å²) in [5.41, 5.74) is 4.15. The minimum absolute atomic E-state index is 0.103. The topological polar surface area (TPSA) is 114 Å². The first-order valence-corrected chi connectivity index (χ1v) is 16.4. The van der Waals surface area contributed by atoms with Gasteiger partial charge in [0.05, 0.1) is 24.5 Å². The van der Waals surface area contributed by atoms with E-state index in [9.17, 15) is 24.9 Å². The smallest absolute Gasteiger partial charge is 0.234 e. The van der Waals surface area contributed by atoms with E-state index >= 15 is 0 Å². The summed E-state index contributed by atoms with van der Waals surface area (Å²) in [4.78, 5) is 31.7. The van der Waals surface area contributed by atoms with Gasteiger partial charge in [0.25, 0.3) is 0 Å². The van der Waals surface area contributed by atoms with Gasteiger partial charge in [0.1, 0.15) is 18.1 Å². The number of hydrogen-bond acceptors (Lipinski definition) is 7. The van der Waals surface area contributed by atoms with E-state index in [1.807, 2.05) is 37.3 Å². The third-order valence-electron chi connectivity index (χ3n) is 9.87. The van der Waals surface area contributed by atoms with Gasteiger partial charge in [0, 0.05) is 31.6 Å². The van der Waals surface area contributed by atoms with E-state index in [1.165, 1.54) is 10.5 Å². The molecule has 3 heterocycles. The third-order valence-corrected chi connectivity index (χ3v) is 9.87. The molecule has 44 heavy (non-hydrogen) atoms. The molecule has 2 saturated heterocycles. The molecule has 4 atom stereocenters. The van der Waals surface area contributed by atoms with E-state index in [2.05, 4.69) is 24.0 Å². The number of likely N-dealkylation sites (tertiary alicyclic amines) is 2. The van der Waals surface area contributed by atoms with Crippen molar-refractivity contribution in [2.45, 2.75) is 90.5 Å². The van der Waals surface area contributed by atoms with Crippen LogP contribution in [0.2, 0.25) is 0 Å². The lowest BCUT2D eigenvalue weighted by atomic mass is 9.67. The number of amides is 2. The molecule has 2 aliphatic heterocycles. The average Bonchev–Trinajstić information content (AvgIpc) is 3.60. The summed E-state index contributed by atoms with van der Waals surface area (Å²) in [7, 11) is 0. The SMILES string of the molecule is CCC/C(=C\c1ccc(CO)o1)CC[C@@H](O)C1=C(CC)C[C@H]2C(=O)N(C3CCN(Cc4ccccc4)CC3)C(=O)[C@H]2[C@H]1CO. The van der Waals surface area contributed by atoms with Gasteiger partial charge in [0.15, 0.2) is 0 Å². The highest BCUT2D eigenvalue weighted by molar-refractivity contribution is 6.06. The lowest BCUT2D eigenvalue weighted by Crippen LogP contribution is -2.47. The Morgan fingerprint density at radius 2 is 1.77 bits per heavy atom. The summed E-state index contributed by atoms with van der Waals surface area (Å²) >= 11 is 0. The van der Waals surface area contributed by atoms with Crippen molar-refractivity contribution in [3.8, 4) is 0 Å². The van der Waals surface area contributed by atoms with Crippen LogP contribution in [0, 0.1) is 17.8 Å². The van der Waals surface area contributed by atoms with Gasteiger partial charge in [-0.05, 0) is 74.3 Å². The normalized spacial score (nSPS) is 24.3. The van der Waals surface area contributed by atoms with Gasteiger partial charge < -0.3 is 19.7 Å². The summed E-state index contributed by atoms with van der Waals surface area (Å²) in [6.45, 7) is 6.21. The molecule has 2 aromatic rings. The molecule has 5 rings (SSSR count). The van der Waals surface area contributed by atoms with Crippen molar-refractivity contribution >= 4 is 17.9 Å². The molecule has 8 heteroatoms. The maximum atomic E-state index is 14.0. The van der Waals surface area contributed by atoms with Crippen LogP contribution in [0.4, 0.5) is 0 Å². The molecule has 1 aromatic heterocycles. The van der Waals surface area contributed by atoms with E-state index in [1.54, 1.807) is 6.07 Å². The number of hydrogen-bond donors (Lipinski definition) is 3. The molecule has 1 aromatic carbocycles. The molecule has 2 fully saturated rings. The number of benzene rings is 1. The average molecular weight is 605 g/mol. The zero-order chi connectivity index (χ0) is 31.2. The summed E-state index contributed by atoms with van der Waals surface area (Å²) in [5.74, 6) is -0.749. The molecule has 0 bridgehead atoms. The van der Waals surface area contributed by atoms with E-state index in [4.69, 9.17) is 4.42 Å². The quantitative estimate of drug-likeness (QED) is 0.216. The Labute approximate surface area is 261 Å². The minimum atomic E-state index is -0.814. The van der Waals surface area contributed by atoms with Crippen molar-refractivity contribution in [1.29, 1.82) is 0 Å². The van der Waals surface area contributed by atoms with E-state index in [0.29, 0.717) is 37.2 Å². The highest BCUT2D eigenvalue weighted by Gasteiger charge is 2.56. The zero-order valence-corrected chi connectivity index (χ0v) is 26.2. The molecule has 0 spiro atoms. The van der Waals surface area contributed by atoms with Gasteiger partial charge in [-0.3, -0.25) is 19.4 Å². The van der Waals surface area contributed by atoms with Crippen LogP contribution >= 0.6 is 0 Å². The van der Waals surface area contributed by atoms with Crippen molar-refractivity contribution in [2.75, 3.05) is 19.7 Å². The highest BCUT2D eigenvalue weighted by atomic mass is 16.4. The summed E-state index contributed by atoms with van der Waals surface area (Å²) in [6.07, 6.45) is 6.68. The number of fused-ring (bicyclic) bond motifs is 1. The number of aliphatic hydroxyl groups is 3.